The van der Waals surface area contributed by atoms with Crippen molar-refractivity contribution in [2.75, 3.05) is 38.0 Å². The second-order valence-electron chi connectivity index (χ2n) is 7.60. The molecular weight excluding hydrogens is 384 g/mol. The minimum Gasteiger partial charge on any atom is -0.325 e. The second kappa shape index (κ2) is 8.49. The Morgan fingerprint density at radius 3 is 2.48 bits per heavy atom. The number of carbonyl (C=O) groups excluding carboxylic acids is 1. The number of piperazine rings is 1. The van der Waals surface area contributed by atoms with Gasteiger partial charge >= 0.3 is 0 Å². The van der Waals surface area contributed by atoms with Crippen molar-refractivity contribution in [3.63, 3.8) is 0 Å². The summed E-state index contributed by atoms with van der Waals surface area (Å²) in [5, 5.41) is 3.82. The summed E-state index contributed by atoms with van der Waals surface area (Å²) in [6.45, 7) is 8.41. The first-order chi connectivity index (χ1) is 14.0. The topological polar surface area (TPSA) is 57.6 Å². The van der Waals surface area contributed by atoms with Gasteiger partial charge in [-0.05, 0) is 43.2 Å². The van der Waals surface area contributed by atoms with Gasteiger partial charge in [0.25, 0.3) is 5.56 Å². The Balaban J connectivity index is 1.30. The number of anilines is 1. The highest BCUT2D eigenvalue weighted by molar-refractivity contribution is 7.13. The minimum atomic E-state index is 0.0212. The third-order valence-corrected chi connectivity index (χ3v) is 6.65. The molecule has 0 unspecified atom stereocenters. The molecule has 1 saturated heterocycles. The molecule has 29 heavy (non-hydrogen) atoms. The van der Waals surface area contributed by atoms with Gasteiger partial charge in [-0.3, -0.25) is 19.4 Å². The molecule has 4 rings (SSSR count). The molecule has 0 radical (unpaired) electrons. The number of nitrogens with zero attached hydrogens (tertiary/aromatic N) is 3. The maximum absolute atomic E-state index is 12.5. The summed E-state index contributed by atoms with van der Waals surface area (Å²) in [5.41, 5.74) is 3.26. The minimum absolute atomic E-state index is 0.0212. The number of aromatic nitrogens is 1. The maximum Gasteiger partial charge on any atom is 0.269 e. The van der Waals surface area contributed by atoms with E-state index in [9.17, 15) is 9.59 Å². The Morgan fingerprint density at radius 1 is 1.00 bits per heavy atom. The van der Waals surface area contributed by atoms with Gasteiger partial charge in [-0.15, -0.1) is 0 Å². The first-order valence-corrected chi connectivity index (χ1v) is 10.7. The lowest BCUT2D eigenvalue weighted by atomic mass is 10.1. The quantitative estimate of drug-likeness (QED) is 0.703. The predicted molar refractivity (Wildman–Crippen MR) is 119 cm³/mol. The summed E-state index contributed by atoms with van der Waals surface area (Å²) in [6, 6.07) is 13.7. The molecule has 1 amide bonds. The van der Waals surface area contributed by atoms with Gasteiger partial charge in [-0.25, -0.2) is 3.96 Å². The Labute approximate surface area is 174 Å². The van der Waals surface area contributed by atoms with Crippen molar-refractivity contribution in [2.24, 2.45) is 0 Å². The Kier molecular flexibility index (Phi) is 5.80. The molecule has 1 aromatic heterocycles. The Morgan fingerprint density at radius 2 is 1.72 bits per heavy atom. The van der Waals surface area contributed by atoms with Gasteiger partial charge in [0.2, 0.25) is 5.91 Å². The molecule has 2 heterocycles. The maximum atomic E-state index is 12.5. The third-order valence-electron chi connectivity index (χ3n) is 5.59. The molecule has 0 atom stereocenters. The SMILES string of the molecule is Cc1cccc(NC(=O)CN2CCN(Cn3sc4ccccc4c3=O)CC2)c1C. The zero-order chi connectivity index (χ0) is 20.4. The lowest BCUT2D eigenvalue weighted by molar-refractivity contribution is -0.117. The highest BCUT2D eigenvalue weighted by Gasteiger charge is 2.20. The van der Waals surface area contributed by atoms with E-state index in [4.69, 9.17) is 0 Å². The zero-order valence-electron chi connectivity index (χ0n) is 16.9. The van der Waals surface area contributed by atoms with E-state index in [-0.39, 0.29) is 11.5 Å². The molecule has 6 nitrogen and oxygen atoms in total. The van der Waals surface area contributed by atoms with Crippen LogP contribution in [0, 0.1) is 13.8 Å². The molecule has 1 N–H and O–H groups in total. The largest absolute Gasteiger partial charge is 0.325 e. The lowest BCUT2D eigenvalue weighted by Crippen LogP contribution is -2.49. The predicted octanol–water partition coefficient (Wildman–Crippen LogP) is 2.89. The second-order valence-corrected chi connectivity index (χ2v) is 8.67. The molecule has 0 aliphatic carbocycles. The molecule has 0 saturated carbocycles. The summed E-state index contributed by atoms with van der Waals surface area (Å²) in [7, 11) is 0. The molecule has 0 bridgehead atoms. The van der Waals surface area contributed by atoms with Crippen LogP contribution >= 0.6 is 11.5 Å². The van der Waals surface area contributed by atoms with Crippen LogP contribution in [0.15, 0.2) is 47.3 Å². The normalized spacial score (nSPS) is 15.7. The number of nitrogens with one attached hydrogen (secondary N) is 1. The van der Waals surface area contributed by atoms with Crippen LogP contribution in [0.2, 0.25) is 0 Å². The van der Waals surface area contributed by atoms with Gasteiger partial charge in [0, 0.05) is 31.9 Å². The van der Waals surface area contributed by atoms with Crippen molar-refractivity contribution in [1.29, 1.82) is 0 Å². The first kappa shape index (κ1) is 19.8. The van der Waals surface area contributed by atoms with E-state index < -0.39 is 0 Å². The number of benzene rings is 2. The van der Waals surface area contributed by atoms with E-state index in [1.807, 2.05) is 60.3 Å². The molecular formula is C22H26N4O2S. The summed E-state index contributed by atoms with van der Waals surface area (Å²) in [5.74, 6) is 0.0212. The van der Waals surface area contributed by atoms with E-state index in [1.165, 1.54) is 17.1 Å². The van der Waals surface area contributed by atoms with E-state index in [1.54, 1.807) is 0 Å². The number of aryl methyl sites for hydroxylation is 1. The van der Waals surface area contributed by atoms with E-state index >= 15 is 0 Å². The van der Waals surface area contributed by atoms with Gasteiger partial charge in [-0.2, -0.15) is 0 Å². The average molecular weight is 411 g/mol. The summed E-state index contributed by atoms with van der Waals surface area (Å²) < 4.78 is 2.85. The van der Waals surface area contributed by atoms with E-state index in [0.717, 1.165) is 47.5 Å². The third kappa shape index (κ3) is 4.42. The number of rotatable bonds is 5. The fourth-order valence-corrected chi connectivity index (χ4v) is 4.69. The molecule has 1 aliphatic rings. The Bertz CT molecular complexity index is 1080. The highest BCUT2D eigenvalue weighted by Crippen LogP contribution is 2.18. The summed E-state index contributed by atoms with van der Waals surface area (Å²) in [6.07, 6.45) is 0. The molecule has 3 aromatic rings. The number of fused-ring (bicyclic) bond motifs is 1. The van der Waals surface area contributed by atoms with Crippen molar-refractivity contribution in [3.8, 4) is 0 Å². The van der Waals surface area contributed by atoms with E-state index in [0.29, 0.717) is 13.2 Å². The van der Waals surface area contributed by atoms with Gasteiger partial charge in [0.05, 0.1) is 23.3 Å². The average Bonchev–Trinajstić information content (AvgIpc) is 3.03. The molecule has 7 heteroatoms. The standard InChI is InChI=1S/C22H26N4O2S/c1-16-6-5-8-19(17(16)2)23-21(27)14-24-10-12-25(13-11-24)15-26-22(28)18-7-3-4-9-20(18)29-26/h3-9H,10-15H2,1-2H3,(H,23,27). The fourth-order valence-electron chi connectivity index (χ4n) is 3.66. The monoisotopic (exact) mass is 410 g/mol. The van der Waals surface area contributed by atoms with Crippen LogP contribution in [0.25, 0.3) is 10.1 Å². The molecule has 1 fully saturated rings. The van der Waals surface area contributed by atoms with Gasteiger partial charge in [0.15, 0.2) is 0 Å². The smallest absolute Gasteiger partial charge is 0.269 e. The molecule has 0 spiro atoms. The highest BCUT2D eigenvalue weighted by atomic mass is 32.1. The first-order valence-electron chi connectivity index (χ1n) is 9.91. The van der Waals surface area contributed by atoms with Crippen LogP contribution in [-0.4, -0.2) is 52.4 Å². The zero-order valence-corrected chi connectivity index (χ0v) is 17.7. The van der Waals surface area contributed by atoms with Crippen molar-refractivity contribution in [2.45, 2.75) is 20.5 Å². The summed E-state index contributed by atoms with van der Waals surface area (Å²) in [4.78, 5) is 29.4. The Hall–Kier alpha value is -2.48. The number of hydrogen-bond acceptors (Lipinski definition) is 5. The van der Waals surface area contributed by atoms with Crippen LogP contribution in [0.5, 0.6) is 0 Å². The van der Waals surface area contributed by atoms with E-state index in [2.05, 4.69) is 15.1 Å². The van der Waals surface area contributed by atoms with Crippen LogP contribution in [0.4, 0.5) is 5.69 Å². The number of carbonyl (C=O) groups is 1. The van der Waals surface area contributed by atoms with Gasteiger partial charge in [-0.1, -0.05) is 35.8 Å². The number of amides is 1. The van der Waals surface area contributed by atoms with Crippen molar-refractivity contribution >= 4 is 33.2 Å². The summed E-state index contributed by atoms with van der Waals surface area (Å²) >= 11 is 1.52. The number of hydrogen-bond donors (Lipinski definition) is 1. The van der Waals surface area contributed by atoms with Crippen LogP contribution < -0.4 is 10.9 Å². The lowest BCUT2D eigenvalue weighted by Gasteiger charge is -2.34. The molecule has 152 valence electrons. The fraction of sp³-hybridized carbons (Fsp3) is 0.364. The van der Waals surface area contributed by atoms with Crippen molar-refractivity contribution in [3.05, 3.63) is 63.9 Å². The van der Waals surface area contributed by atoms with Crippen molar-refractivity contribution < 1.29 is 4.79 Å². The van der Waals surface area contributed by atoms with Crippen molar-refractivity contribution in [1.82, 2.24) is 13.8 Å². The van der Waals surface area contributed by atoms with Crippen LogP contribution in [-0.2, 0) is 11.5 Å². The van der Waals surface area contributed by atoms with Gasteiger partial charge < -0.3 is 5.32 Å². The van der Waals surface area contributed by atoms with Gasteiger partial charge in [0.1, 0.15) is 0 Å². The molecule has 1 aliphatic heterocycles. The van der Waals surface area contributed by atoms with Crippen LogP contribution in [0.1, 0.15) is 11.1 Å². The van der Waals surface area contributed by atoms with Crippen LogP contribution in [0.3, 0.4) is 0 Å². The molecule has 2 aromatic carbocycles.